The number of anilines is 2. The number of carbonyl (C=O) groups excluding carboxylic acids is 2. The Morgan fingerprint density at radius 1 is 1.16 bits per heavy atom. The van der Waals surface area contributed by atoms with Gasteiger partial charge in [0.1, 0.15) is 6.54 Å². The number of amides is 2. The van der Waals surface area contributed by atoms with Crippen LogP contribution in [0, 0.1) is 0 Å². The van der Waals surface area contributed by atoms with Crippen LogP contribution < -0.4 is 21.5 Å². The lowest BCUT2D eigenvalue weighted by Gasteiger charge is -2.28. The minimum Gasteiger partial charge on any atom is -0.323 e. The van der Waals surface area contributed by atoms with Crippen molar-refractivity contribution in [2.45, 2.75) is 0 Å². The van der Waals surface area contributed by atoms with Gasteiger partial charge in [0.2, 0.25) is 5.91 Å². The van der Waals surface area contributed by atoms with Crippen molar-refractivity contribution >= 4 is 29.3 Å². The molecule has 8 heteroatoms. The van der Waals surface area contributed by atoms with Crippen molar-refractivity contribution in [1.29, 1.82) is 0 Å². The molecule has 1 N–H and O–H groups in total. The zero-order valence-corrected chi connectivity index (χ0v) is 13.7. The largest absolute Gasteiger partial charge is 0.330 e. The zero-order chi connectivity index (χ0) is 18.1. The van der Waals surface area contributed by atoms with E-state index in [1.165, 1.54) is 41.9 Å². The first-order chi connectivity index (χ1) is 11.9. The van der Waals surface area contributed by atoms with Gasteiger partial charge in [0.25, 0.3) is 11.5 Å². The van der Waals surface area contributed by atoms with Crippen molar-refractivity contribution in [3.63, 3.8) is 0 Å². The summed E-state index contributed by atoms with van der Waals surface area (Å²) in [5.41, 5.74) is 0.398. The molecule has 3 rings (SSSR count). The van der Waals surface area contributed by atoms with Gasteiger partial charge in [-0.25, -0.2) is 4.79 Å². The van der Waals surface area contributed by atoms with E-state index in [1.54, 1.807) is 24.3 Å². The fraction of sp³-hybridized carbons (Fsp3) is 0.176. The molecule has 0 radical (unpaired) electrons. The summed E-state index contributed by atoms with van der Waals surface area (Å²) < 4.78 is 2.23. The maximum Gasteiger partial charge on any atom is 0.330 e. The van der Waals surface area contributed by atoms with Gasteiger partial charge in [0.15, 0.2) is 0 Å². The molecular formula is C17H16N4O4. The summed E-state index contributed by atoms with van der Waals surface area (Å²) in [4.78, 5) is 49.4. The number of rotatable bonds is 2. The molecule has 0 saturated heterocycles. The van der Waals surface area contributed by atoms with E-state index < -0.39 is 17.2 Å². The highest BCUT2D eigenvalue weighted by molar-refractivity contribution is 6.13. The molecule has 0 spiro atoms. The Labute approximate surface area is 142 Å². The van der Waals surface area contributed by atoms with Crippen molar-refractivity contribution in [3.8, 4) is 0 Å². The molecule has 0 bridgehead atoms. The lowest BCUT2D eigenvalue weighted by molar-refractivity contribution is -0.119. The summed E-state index contributed by atoms with van der Waals surface area (Å²) in [7, 11) is 2.89. The topological polar surface area (TPSA) is 93.4 Å². The summed E-state index contributed by atoms with van der Waals surface area (Å²) in [6.45, 7) is -0.106. The van der Waals surface area contributed by atoms with Crippen LogP contribution in [0.1, 0.15) is 5.56 Å². The Morgan fingerprint density at radius 2 is 1.88 bits per heavy atom. The van der Waals surface area contributed by atoms with Crippen molar-refractivity contribution in [3.05, 3.63) is 62.9 Å². The predicted octanol–water partition coefficient (Wildman–Crippen LogP) is 0.0825. The van der Waals surface area contributed by atoms with Gasteiger partial charge < -0.3 is 9.88 Å². The number of benzene rings is 1. The van der Waals surface area contributed by atoms with Gasteiger partial charge in [0.05, 0.1) is 16.9 Å². The minimum absolute atomic E-state index is 0.106. The van der Waals surface area contributed by atoms with Gasteiger partial charge in [-0.3, -0.25) is 23.9 Å². The number of hydrogen-bond acceptors (Lipinski definition) is 4. The first-order valence-corrected chi connectivity index (χ1v) is 7.53. The summed E-state index contributed by atoms with van der Waals surface area (Å²) in [6, 6.07) is 6.96. The SMILES string of the molecule is Cn1cc(C=CC(=O)N2CC(=O)Nc3ccccc32)c(=O)n(C)c1=O. The third-order valence-electron chi connectivity index (χ3n) is 3.92. The molecule has 1 aromatic carbocycles. The molecule has 1 aliphatic heterocycles. The molecule has 0 aliphatic carbocycles. The normalized spacial score (nSPS) is 13.7. The van der Waals surface area contributed by atoms with Crippen LogP contribution in [0.25, 0.3) is 6.08 Å². The van der Waals surface area contributed by atoms with E-state index in [1.807, 2.05) is 0 Å². The minimum atomic E-state index is -0.496. The number of carbonyl (C=O) groups is 2. The van der Waals surface area contributed by atoms with Crippen LogP contribution in [-0.2, 0) is 23.7 Å². The van der Waals surface area contributed by atoms with Gasteiger partial charge in [-0.05, 0) is 18.2 Å². The standard InChI is InChI=1S/C17H16N4O4/c1-19-9-11(16(24)20(2)17(19)25)7-8-15(23)21-10-14(22)18-12-5-3-4-6-13(12)21/h3-9H,10H2,1-2H3,(H,18,22). The first kappa shape index (κ1) is 16.4. The van der Waals surface area contributed by atoms with Crippen molar-refractivity contribution in [2.24, 2.45) is 14.1 Å². The molecule has 2 aromatic rings. The van der Waals surface area contributed by atoms with Crippen molar-refractivity contribution in [1.82, 2.24) is 9.13 Å². The van der Waals surface area contributed by atoms with Crippen molar-refractivity contribution < 1.29 is 9.59 Å². The molecule has 128 valence electrons. The Morgan fingerprint density at radius 3 is 2.64 bits per heavy atom. The third-order valence-corrected chi connectivity index (χ3v) is 3.92. The average Bonchev–Trinajstić information content (AvgIpc) is 2.60. The van der Waals surface area contributed by atoms with Crippen LogP contribution in [0.4, 0.5) is 11.4 Å². The number of fused-ring (bicyclic) bond motifs is 1. The highest BCUT2D eigenvalue weighted by Crippen LogP contribution is 2.28. The number of aryl methyl sites for hydroxylation is 1. The van der Waals surface area contributed by atoms with Crippen LogP contribution in [0.2, 0.25) is 0 Å². The van der Waals surface area contributed by atoms with Crippen LogP contribution >= 0.6 is 0 Å². The monoisotopic (exact) mass is 340 g/mol. The van der Waals surface area contributed by atoms with Gasteiger partial charge >= 0.3 is 5.69 Å². The third kappa shape index (κ3) is 3.01. The van der Waals surface area contributed by atoms with Crippen molar-refractivity contribution in [2.75, 3.05) is 16.8 Å². The second-order valence-corrected chi connectivity index (χ2v) is 5.67. The molecule has 0 saturated carbocycles. The van der Waals surface area contributed by atoms with Crippen LogP contribution in [0.15, 0.2) is 46.1 Å². The van der Waals surface area contributed by atoms with E-state index in [-0.39, 0.29) is 18.0 Å². The smallest absolute Gasteiger partial charge is 0.323 e. The van der Waals surface area contributed by atoms with Gasteiger partial charge in [-0.15, -0.1) is 0 Å². The average molecular weight is 340 g/mol. The van der Waals surface area contributed by atoms with E-state index in [2.05, 4.69) is 5.32 Å². The molecule has 1 aromatic heterocycles. The highest BCUT2D eigenvalue weighted by Gasteiger charge is 2.25. The molecule has 8 nitrogen and oxygen atoms in total. The number of nitrogens with zero attached hydrogens (tertiary/aromatic N) is 3. The van der Waals surface area contributed by atoms with Crippen LogP contribution in [-0.4, -0.2) is 27.5 Å². The maximum atomic E-state index is 12.5. The Bertz CT molecular complexity index is 1020. The number of nitrogens with one attached hydrogen (secondary N) is 1. The van der Waals surface area contributed by atoms with Crippen LogP contribution in [0.3, 0.4) is 0 Å². The Balaban J connectivity index is 1.94. The lowest BCUT2D eigenvalue weighted by Crippen LogP contribution is -2.41. The maximum absolute atomic E-state index is 12.5. The summed E-state index contributed by atoms with van der Waals surface area (Å²) >= 11 is 0. The Kier molecular flexibility index (Phi) is 4.10. The summed E-state index contributed by atoms with van der Waals surface area (Å²) in [6.07, 6.45) is 3.93. The summed E-state index contributed by atoms with van der Waals surface area (Å²) in [5.74, 6) is -0.725. The fourth-order valence-corrected chi connectivity index (χ4v) is 2.63. The van der Waals surface area contributed by atoms with E-state index in [0.29, 0.717) is 11.4 Å². The number of para-hydroxylation sites is 2. The Hall–Kier alpha value is -3.42. The van der Waals surface area contributed by atoms with Crippen LogP contribution in [0.5, 0.6) is 0 Å². The fourth-order valence-electron chi connectivity index (χ4n) is 2.63. The number of hydrogen-bond donors (Lipinski definition) is 1. The molecule has 0 fully saturated rings. The van der Waals surface area contributed by atoms with E-state index in [0.717, 1.165) is 4.57 Å². The molecule has 0 unspecified atom stereocenters. The molecular weight excluding hydrogens is 324 g/mol. The molecule has 2 amide bonds. The van der Waals surface area contributed by atoms with Gasteiger partial charge in [-0.2, -0.15) is 0 Å². The van der Waals surface area contributed by atoms with Gasteiger partial charge in [0, 0.05) is 26.4 Å². The predicted molar refractivity (Wildman–Crippen MR) is 93.4 cm³/mol. The quantitative estimate of drug-likeness (QED) is 0.784. The summed E-state index contributed by atoms with van der Waals surface area (Å²) in [5, 5.41) is 2.70. The molecule has 2 heterocycles. The van der Waals surface area contributed by atoms with E-state index >= 15 is 0 Å². The highest BCUT2D eigenvalue weighted by atomic mass is 16.2. The molecule has 0 atom stereocenters. The zero-order valence-electron chi connectivity index (χ0n) is 13.7. The number of aromatic nitrogens is 2. The van der Waals surface area contributed by atoms with Gasteiger partial charge in [-0.1, -0.05) is 12.1 Å². The first-order valence-electron chi connectivity index (χ1n) is 7.53. The second kappa shape index (κ2) is 6.23. The van der Waals surface area contributed by atoms with E-state index in [4.69, 9.17) is 0 Å². The molecule has 1 aliphatic rings. The molecule has 25 heavy (non-hydrogen) atoms. The lowest BCUT2D eigenvalue weighted by atomic mass is 10.2. The van der Waals surface area contributed by atoms with E-state index in [9.17, 15) is 19.2 Å². The second-order valence-electron chi connectivity index (χ2n) is 5.67.